The summed E-state index contributed by atoms with van der Waals surface area (Å²) in [6.45, 7) is 7.84. The third-order valence-corrected chi connectivity index (χ3v) is 7.73. The highest BCUT2D eigenvalue weighted by atomic mass is 16.5. The Morgan fingerprint density at radius 2 is 1.65 bits per heavy atom. The van der Waals surface area contributed by atoms with Crippen LogP contribution in [0.5, 0.6) is 5.88 Å². The maximum absolute atomic E-state index is 12.8. The van der Waals surface area contributed by atoms with Gasteiger partial charge in [0, 0.05) is 76.5 Å². The van der Waals surface area contributed by atoms with Gasteiger partial charge in [-0.2, -0.15) is 9.97 Å². The number of hydrogen-bond acceptors (Lipinski definition) is 10. The number of pyridine rings is 1. The van der Waals surface area contributed by atoms with Crippen LogP contribution in [0.4, 0.5) is 29.0 Å². The van der Waals surface area contributed by atoms with Gasteiger partial charge in [0.1, 0.15) is 17.2 Å². The van der Waals surface area contributed by atoms with Crippen molar-refractivity contribution in [3.8, 4) is 5.88 Å². The average molecular weight is 631 g/mol. The maximum atomic E-state index is 12.8. The molecule has 0 atom stereocenters. The number of ether oxygens (including phenoxy) is 2. The average Bonchev–Trinajstić information content (AvgIpc) is 3.09. The lowest BCUT2D eigenvalue weighted by atomic mass is 10.1. The summed E-state index contributed by atoms with van der Waals surface area (Å²) >= 11 is 0. The van der Waals surface area contributed by atoms with Crippen molar-refractivity contribution in [1.82, 2.24) is 25.2 Å². The Labute approximate surface area is 271 Å². The second-order valence-corrected chi connectivity index (χ2v) is 11.0. The number of nitrogens with one attached hydrogen (secondary N) is 3. The van der Waals surface area contributed by atoms with Crippen LogP contribution < -0.4 is 25.6 Å². The molecule has 0 spiro atoms. The summed E-state index contributed by atoms with van der Waals surface area (Å²) in [5, 5.41) is 9.10. The zero-order valence-corrected chi connectivity index (χ0v) is 27.0. The summed E-state index contributed by atoms with van der Waals surface area (Å²) in [7, 11) is 3.28. The van der Waals surface area contributed by atoms with Crippen molar-refractivity contribution in [3.63, 3.8) is 0 Å². The van der Waals surface area contributed by atoms with Gasteiger partial charge in [-0.3, -0.25) is 9.59 Å². The fourth-order valence-electron chi connectivity index (χ4n) is 5.17. The smallest absolute Gasteiger partial charge is 0.256 e. The number of piperazine rings is 1. The van der Waals surface area contributed by atoms with E-state index in [1.165, 1.54) is 32.6 Å². The lowest BCUT2D eigenvalue weighted by Crippen LogP contribution is -2.48. The second kappa shape index (κ2) is 18.3. The fourth-order valence-corrected chi connectivity index (χ4v) is 5.17. The molecule has 3 N–H and O–H groups in total. The van der Waals surface area contributed by atoms with Crippen LogP contribution in [0.25, 0.3) is 0 Å². The third-order valence-electron chi connectivity index (χ3n) is 7.73. The predicted octanol–water partition coefficient (Wildman–Crippen LogP) is 5.31. The first-order valence-electron chi connectivity index (χ1n) is 15.9. The molecular formula is C34H46N8O4. The van der Waals surface area contributed by atoms with Crippen molar-refractivity contribution in [2.24, 2.45) is 0 Å². The van der Waals surface area contributed by atoms with Crippen molar-refractivity contribution in [1.29, 1.82) is 0 Å². The number of anilines is 5. The van der Waals surface area contributed by atoms with E-state index >= 15 is 0 Å². The Morgan fingerprint density at radius 1 is 0.913 bits per heavy atom. The van der Waals surface area contributed by atoms with Crippen molar-refractivity contribution in [3.05, 3.63) is 66.9 Å². The number of carbonyl (C=O) groups is 2. The summed E-state index contributed by atoms with van der Waals surface area (Å²) in [6, 6.07) is 13.3. The van der Waals surface area contributed by atoms with Gasteiger partial charge in [-0.15, -0.1) is 6.58 Å². The van der Waals surface area contributed by atoms with E-state index in [-0.39, 0.29) is 17.4 Å². The molecule has 1 fully saturated rings. The van der Waals surface area contributed by atoms with Crippen LogP contribution in [0.15, 0.2) is 61.3 Å². The minimum atomic E-state index is -0.340. The molecule has 0 aliphatic carbocycles. The SMILES string of the molecule is C=CCNC(=O)c1cnc(Nc2ccc(N3CCN(C(=O)CCCCCCCCOC)CC3)cc2)nc1Nc1cccc(OC)n1. The van der Waals surface area contributed by atoms with E-state index in [4.69, 9.17) is 9.47 Å². The largest absolute Gasteiger partial charge is 0.481 e. The Kier molecular flexibility index (Phi) is 13.6. The van der Waals surface area contributed by atoms with Gasteiger partial charge in [0.2, 0.25) is 17.7 Å². The Morgan fingerprint density at radius 3 is 2.37 bits per heavy atom. The van der Waals surface area contributed by atoms with Crippen LogP contribution in [-0.2, 0) is 9.53 Å². The number of benzene rings is 1. The molecule has 12 nitrogen and oxygen atoms in total. The van der Waals surface area contributed by atoms with Crippen LogP contribution in [-0.4, -0.2) is 85.2 Å². The fraction of sp³-hybridized carbons (Fsp3) is 0.441. The summed E-state index contributed by atoms with van der Waals surface area (Å²) in [5.41, 5.74) is 2.15. The minimum absolute atomic E-state index is 0.263. The van der Waals surface area contributed by atoms with Crippen LogP contribution in [0.3, 0.4) is 0 Å². The van der Waals surface area contributed by atoms with Gasteiger partial charge in [0.05, 0.1) is 7.11 Å². The lowest BCUT2D eigenvalue weighted by Gasteiger charge is -2.36. The van der Waals surface area contributed by atoms with Gasteiger partial charge in [0.25, 0.3) is 5.91 Å². The van der Waals surface area contributed by atoms with E-state index in [2.05, 4.69) is 42.4 Å². The van der Waals surface area contributed by atoms with Gasteiger partial charge in [-0.25, -0.2) is 4.98 Å². The number of amides is 2. The highest BCUT2D eigenvalue weighted by Crippen LogP contribution is 2.24. The van der Waals surface area contributed by atoms with Gasteiger partial charge < -0.3 is 35.2 Å². The summed E-state index contributed by atoms with van der Waals surface area (Å²) in [4.78, 5) is 43.1. The first-order chi connectivity index (χ1) is 22.5. The molecule has 2 amide bonds. The van der Waals surface area contributed by atoms with E-state index in [0.29, 0.717) is 36.4 Å². The van der Waals surface area contributed by atoms with E-state index in [0.717, 1.165) is 63.4 Å². The molecular weight excluding hydrogens is 584 g/mol. The molecule has 246 valence electrons. The molecule has 3 heterocycles. The van der Waals surface area contributed by atoms with Gasteiger partial charge in [0.15, 0.2) is 0 Å². The maximum Gasteiger partial charge on any atom is 0.256 e. The van der Waals surface area contributed by atoms with Crippen molar-refractivity contribution < 1.29 is 19.1 Å². The Balaban J connectivity index is 1.30. The standard InChI is InChI=1S/C34H46N8O4/c1-4-19-35-33(44)28-25-36-34(40-32(28)39-29-12-11-13-30(38-29)46-3)37-26-15-17-27(18-16-26)41-20-22-42(23-21-41)31(43)14-9-7-5-6-8-10-24-45-2/h4,11-13,15-18,25H,1,5-10,14,19-24H2,2-3H3,(H,35,44)(H2,36,37,38,39,40). The van der Waals surface area contributed by atoms with E-state index in [9.17, 15) is 9.59 Å². The topological polar surface area (TPSA) is 134 Å². The summed E-state index contributed by atoms with van der Waals surface area (Å²) < 4.78 is 10.3. The molecule has 3 aromatic rings. The first kappa shape index (κ1) is 34.2. The summed E-state index contributed by atoms with van der Waals surface area (Å²) in [5.74, 6) is 1.43. The molecule has 1 aliphatic heterocycles. The van der Waals surface area contributed by atoms with Crippen LogP contribution >= 0.6 is 0 Å². The highest BCUT2D eigenvalue weighted by molar-refractivity contribution is 5.99. The summed E-state index contributed by atoms with van der Waals surface area (Å²) in [6.07, 6.45) is 10.5. The van der Waals surface area contributed by atoms with Crippen molar-refractivity contribution in [2.45, 2.75) is 44.9 Å². The molecule has 1 saturated heterocycles. The third kappa shape index (κ3) is 10.4. The number of unbranched alkanes of at least 4 members (excludes halogenated alkanes) is 5. The normalized spacial score (nSPS) is 12.8. The molecule has 1 aromatic carbocycles. The number of methoxy groups -OCH3 is 2. The second-order valence-electron chi connectivity index (χ2n) is 11.0. The first-order valence-corrected chi connectivity index (χ1v) is 15.9. The van der Waals surface area contributed by atoms with Gasteiger partial charge in [-0.1, -0.05) is 37.8 Å². The zero-order chi connectivity index (χ0) is 32.6. The predicted molar refractivity (Wildman–Crippen MR) is 181 cm³/mol. The molecule has 4 rings (SSSR count). The lowest BCUT2D eigenvalue weighted by molar-refractivity contribution is -0.131. The Hall–Kier alpha value is -4.71. The molecule has 2 aromatic heterocycles. The zero-order valence-electron chi connectivity index (χ0n) is 27.0. The molecule has 0 bridgehead atoms. The van der Waals surface area contributed by atoms with E-state index in [1.54, 1.807) is 31.4 Å². The number of aromatic nitrogens is 3. The molecule has 12 heteroatoms. The van der Waals surface area contributed by atoms with Gasteiger partial charge >= 0.3 is 0 Å². The van der Waals surface area contributed by atoms with Crippen LogP contribution in [0.2, 0.25) is 0 Å². The monoisotopic (exact) mass is 630 g/mol. The molecule has 0 unspecified atom stereocenters. The van der Waals surface area contributed by atoms with E-state index < -0.39 is 0 Å². The number of carbonyl (C=O) groups excluding carboxylic acids is 2. The minimum Gasteiger partial charge on any atom is -0.481 e. The Bertz CT molecular complexity index is 1410. The molecule has 46 heavy (non-hydrogen) atoms. The van der Waals surface area contributed by atoms with Crippen LogP contribution in [0, 0.1) is 0 Å². The number of rotatable bonds is 18. The van der Waals surface area contributed by atoms with Crippen molar-refractivity contribution in [2.75, 3.05) is 69.1 Å². The van der Waals surface area contributed by atoms with Crippen LogP contribution in [0.1, 0.15) is 55.3 Å². The quantitative estimate of drug-likeness (QED) is 0.125. The van der Waals surface area contributed by atoms with Crippen molar-refractivity contribution >= 4 is 40.8 Å². The van der Waals surface area contributed by atoms with E-state index in [1.807, 2.05) is 29.2 Å². The number of nitrogens with zero attached hydrogens (tertiary/aromatic N) is 5. The molecule has 0 saturated carbocycles. The number of hydrogen-bond donors (Lipinski definition) is 3. The molecule has 1 aliphatic rings. The molecule has 0 radical (unpaired) electrons. The van der Waals surface area contributed by atoms with Gasteiger partial charge in [-0.05, 0) is 43.2 Å². The highest BCUT2D eigenvalue weighted by Gasteiger charge is 2.21.